The van der Waals surface area contributed by atoms with Crippen molar-refractivity contribution in [3.63, 3.8) is 0 Å². The third-order valence-corrected chi connectivity index (χ3v) is 2.32. The molecule has 84 valence electrons. The molecule has 4 nitrogen and oxygen atoms in total. The smallest absolute Gasteiger partial charge is 0.163 e. The predicted molar refractivity (Wildman–Crippen MR) is 63.4 cm³/mol. The molecule has 16 heavy (non-hydrogen) atoms. The van der Waals surface area contributed by atoms with Crippen molar-refractivity contribution < 1.29 is 4.79 Å². The van der Waals surface area contributed by atoms with Crippen molar-refractivity contribution >= 4 is 5.78 Å². The Kier molecular flexibility index (Phi) is 5.09. The average Bonchev–Trinajstić information content (AvgIpc) is 2.30. The molecule has 1 aromatic rings. The lowest BCUT2D eigenvalue weighted by Gasteiger charge is -2.01. The van der Waals surface area contributed by atoms with Gasteiger partial charge in [0.25, 0.3) is 0 Å². The summed E-state index contributed by atoms with van der Waals surface area (Å²) in [5, 5.41) is 3.34. The van der Waals surface area contributed by atoms with Crippen LogP contribution in [0.25, 0.3) is 10.4 Å². The van der Waals surface area contributed by atoms with E-state index in [0.29, 0.717) is 5.56 Å². The molecule has 0 bridgehead atoms. The van der Waals surface area contributed by atoms with E-state index in [-0.39, 0.29) is 18.7 Å². The molecule has 0 aliphatic carbocycles. The molecule has 0 amide bonds. The van der Waals surface area contributed by atoms with Gasteiger partial charge in [0.05, 0.1) is 0 Å². The number of Topliss-reactive ketones (excluding diaryl/α,β-unsaturated/α-hetero) is 1. The van der Waals surface area contributed by atoms with Crippen LogP contribution in [0.3, 0.4) is 0 Å². The van der Waals surface area contributed by atoms with Crippen molar-refractivity contribution in [2.75, 3.05) is 6.54 Å². The largest absolute Gasteiger partial charge is 0.294 e. The summed E-state index contributed by atoms with van der Waals surface area (Å²) in [6.07, 6.45) is 2.41. The van der Waals surface area contributed by atoms with E-state index >= 15 is 0 Å². The van der Waals surface area contributed by atoms with Crippen LogP contribution in [0.15, 0.2) is 29.4 Å². The Morgan fingerprint density at radius 2 is 2.06 bits per heavy atom. The third kappa shape index (κ3) is 3.75. The lowest BCUT2D eigenvalue weighted by atomic mass is 10.0. The summed E-state index contributed by atoms with van der Waals surface area (Å²) in [5.41, 5.74) is 10.0. The summed E-state index contributed by atoms with van der Waals surface area (Å²) < 4.78 is 0. The highest BCUT2D eigenvalue weighted by Gasteiger charge is 2.04. The van der Waals surface area contributed by atoms with E-state index in [4.69, 9.17) is 5.53 Å². The quantitative estimate of drug-likeness (QED) is 0.311. The molecular weight excluding hydrogens is 202 g/mol. The summed E-state index contributed by atoms with van der Waals surface area (Å²) in [5.74, 6) is 0.0236. The van der Waals surface area contributed by atoms with E-state index in [1.807, 2.05) is 24.3 Å². The molecule has 0 atom stereocenters. The topological polar surface area (TPSA) is 65.8 Å². The van der Waals surface area contributed by atoms with Crippen molar-refractivity contribution in [1.82, 2.24) is 0 Å². The maximum absolute atomic E-state index is 11.6. The first-order valence-electron chi connectivity index (χ1n) is 5.41. The van der Waals surface area contributed by atoms with Gasteiger partial charge in [-0.15, -0.1) is 0 Å². The molecule has 1 aromatic carbocycles. The third-order valence-electron chi connectivity index (χ3n) is 2.32. The number of nitrogens with zero attached hydrogens (tertiary/aromatic N) is 3. The van der Waals surface area contributed by atoms with Gasteiger partial charge in [-0.1, -0.05) is 42.7 Å². The van der Waals surface area contributed by atoms with Crippen LogP contribution >= 0.6 is 0 Å². The number of azide groups is 1. The molecule has 0 N–H and O–H groups in total. The van der Waals surface area contributed by atoms with E-state index in [2.05, 4.69) is 16.9 Å². The molecule has 0 aromatic heterocycles. The van der Waals surface area contributed by atoms with Crippen LogP contribution < -0.4 is 0 Å². The van der Waals surface area contributed by atoms with E-state index < -0.39 is 0 Å². The minimum atomic E-state index is 0.0236. The Balaban J connectivity index is 2.59. The van der Waals surface area contributed by atoms with Crippen LogP contribution in [0.5, 0.6) is 0 Å². The predicted octanol–water partition coefficient (Wildman–Crippen LogP) is 3.52. The zero-order valence-corrected chi connectivity index (χ0v) is 9.39. The zero-order valence-electron chi connectivity index (χ0n) is 9.39. The summed E-state index contributed by atoms with van der Waals surface area (Å²) in [7, 11) is 0. The number of hydrogen-bond acceptors (Lipinski definition) is 2. The van der Waals surface area contributed by atoms with E-state index in [1.54, 1.807) is 0 Å². The fourth-order valence-corrected chi connectivity index (χ4v) is 1.49. The van der Waals surface area contributed by atoms with Gasteiger partial charge in [-0.3, -0.25) is 4.79 Å². The number of carbonyl (C=O) groups is 1. The van der Waals surface area contributed by atoms with Gasteiger partial charge in [0.1, 0.15) is 0 Å². The van der Waals surface area contributed by atoms with E-state index in [0.717, 1.165) is 12.8 Å². The number of rotatable bonds is 6. The SMILES string of the molecule is CCCc1ccc(C(=O)CCN=[N+]=[N-])cc1. The highest BCUT2D eigenvalue weighted by atomic mass is 16.1. The maximum atomic E-state index is 11.6. The van der Waals surface area contributed by atoms with Crippen LogP contribution in [-0.2, 0) is 6.42 Å². The number of carbonyl (C=O) groups excluding carboxylic acids is 1. The first-order valence-corrected chi connectivity index (χ1v) is 5.41. The fraction of sp³-hybridized carbons (Fsp3) is 0.417. The Morgan fingerprint density at radius 1 is 1.38 bits per heavy atom. The zero-order chi connectivity index (χ0) is 11.8. The first-order chi connectivity index (χ1) is 7.77. The number of ketones is 1. The van der Waals surface area contributed by atoms with Gasteiger partial charge in [-0.05, 0) is 17.5 Å². The minimum Gasteiger partial charge on any atom is -0.294 e. The lowest BCUT2D eigenvalue weighted by molar-refractivity contribution is 0.0985. The average molecular weight is 217 g/mol. The Hall–Kier alpha value is -1.80. The van der Waals surface area contributed by atoms with Gasteiger partial charge in [-0.25, -0.2) is 0 Å². The second-order valence-corrected chi connectivity index (χ2v) is 3.57. The van der Waals surface area contributed by atoms with E-state index in [1.165, 1.54) is 5.56 Å². The molecular formula is C12H15N3O. The normalized spacial score (nSPS) is 9.56. The molecule has 0 heterocycles. The van der Waals surface area contributed by atoms with Crippen LogP contribution in [-0.4, -0.2) is 12.3 Å². The second-order valence-electron chi connectivity index (χ2n) is 3.57. The molecule has 0 radical (unpaired) electrons. The molecule has 0 fully saturated rings. The molecule has 0 saturated heterocycles. The minimum absolute atomic E-state index is 0.0236. The van der Waals surface area contributed by atoms with Gasteiger partial charge >= 0.3 is 0 Å². The molecule has 4 heteroatoms. The standard InChI is InChI=1S/C12H15N3O/c1-2-3-10-4-6-11(7-5-10)12(16)8-9-14-15-13/h4-7H,2-3,8-9H2,1H3. The second kappa shape index (κ2) is 6.64. The molecule has 0 aliphatic rings. The Labute approximate surface area is 94.9 Å². The summed E-state index contributed by atoms with van der Waals surface area (Å²) in [6.45, 7) is 2.35. The van der Waals surface area contributed by atoms with Crippen molar-refractivity contribution in [3.05, 3.63) is 45.8 Å². The highest BCUT2D eigenvalue weighted by molar-refractivity contribution is 5.96. The van der Waals surface area contributed by atoms with Crippen LogP contribution in [0, 0.1) is 0 Å². The molecule has 1 rings (SSSR count). The molecule has 0 saturated carbocycles. The fourth-order valence-electron chi connectivity index (χ4n) is 1.49. The van der Waals surface area contributed by atoms with Crippen molar-refractivity contribution in [2.45, 2.75) is 26.2 Å². The summed E-state index contributed by atoms with van der Waals surface area (Å²) in [6, 6.07) is 7.63. The van der Waals surface area contributed by atoms with Gasteiger partial charge in [0.2, 0.25) is 0 Å². The molecule has 0 aliphatic heterocycles. The summed E-state index contributed by atoms with van der Waals surface area (Å²) in [4.78, 5) is 14.2. The highest BCUT2D eigenvalue weighted by Crippen LogP contribution is 2.08. The lowest BCUT2D eigenvalue weighted by Crippen LogP contribution is -2.00. The van der Waals surface area contributed by atoms with Gasteiger partial charge in [-0.2, -0.15) is 0 Å². The van der Waals surface area contributed by atoms with Gasteiger partial charge in [0.15, 0.2) is 5.78 Å². The number of aryl methyl sites for hydroxylation is 1. The molecule has 0 spiro atoms. The van der Waals surface area contributed by atoms with Gasteiger partial charge < -0.3 is 0 Å². The monoisotopic (exact) mass is 217 g/mol. The van der Waals surface area contributed by atoms with Crippen molar-refractivity contribution in [3.8, 4) is 0 Å². The Morgan fingerprint density at radius 3 is 2.62 bits per heavy atom. The maximum Gasteiger partial charge on any atom is 0.163 e. The van der Waals surface area contributed by atoms with Crippen LogP contribution in [0.1, 0.15) is 35.7 Å². The van der Waals surface area contributed by atoms with Gasteiger partial charge in [0, 0.05) is 23.4 Å². The van der Waals surface area contributed by atoms with Crippen LogP contribution in [0.2, 0.25) is 0 Å². The molecule has 0 unspecified atom stereocenters. The van der Waals surface area contributed by atoms with Crippen LogP contribution in [0.4, 0.5) is 0 Å². The Bertz CT molecular complexity index is 391. The summed E-state index contributed by atoms with van der Waals surface area (Å²) >= 11 is 0. The number of hydrogen-bond donors (Lipinski definition) is 0. The van der Waals surface area contributed by atoms with Crippen molar-refractivity contribution in [1.29, 1.82) is 0 Å². The number of benzene rings is 1. The van der Waals surface area contributed by atoms with E-state index in [9.17, 15) is 4.79 Å². The van der Waals surface area contributed by atoms with Crippen molar-refractivity contribution in [2.24, 2.45) is 5.11 Å². The first kappa shape index (κ1) is 12.3.